The van der Waals surface area contributed by atoms with Crippen molar-refractivity contribution in [2.45, 2.75) is 17.9 Å². The fraction of sp³-hybridized carbons (Fsp3) is 0.188. The first-order chi connectivity index (χ1) is 11.6. The first-order valence-corrected chi connectivity index (χ1v) is 9.59. The summed E-state index contributed by atoms with van der Waals surface area (Å²) in [5, 5.41) is 9.37. The average molecular weight is 405 g/mol. The van der Waals surface area contributed by atoms with E-state index in [1.807, 2.05) is 0 Å². The van der Waals surface area contributed by atoms with Gasteiger partial charge in [-0.15, -0.1) is 0 Å². The van der Waals surface area contributed by atoms with Crippen LogP contribution >= 0.6 is 23.2 Å². The van der Waals surface area contributed by atoms with Gasteiger partial charge in [0.25, 0.3) is 0 Å². The van der Waals surface area contributed by atoms with Crippen LogP contribution in [0.5, 0.6) is 17.2 Å². The van der Waals surface area contributed by atoms with Gasteiger partial charge in [-0.3, -0.25) is 0 Å². The molecule has 0 spiro atoms. The quantitative estimate of drug-likeness (QED) is 0.780. The van der Waals surface area contributed by atoms with Gasteiger partial charge in [-0.05, 0) is 37.3 Å². The van der Waals surface area contributed by atoms with Gasteiger partial charge in [0.2, 0.25) is 0 Å². The lowest BCUT2D eigenvalue weighted by molar-refractivity contribution is -0.144. The van der Waals surface area contributed by atoms with Crippen LogP contribution in [0.1, 0.15) is 6.92 Å². The minimum Gasteiger partial charge on any atom is -0.479 e. The fourth-order valence-electron chi connectivity index (χ4n) is 1.81. The maximum absolute atomic E-state index is 11.5. The minimum absolute atomic E-state index is 0.0481. The van der Waals surface area contributed by atoms with E-state index in [2.05, 4.69) is 0 Å². The molecule has 0 amide bonds. The Morgan fingerprint density at radius 2 is 1.72 bits per heavy atom. The molecule has 1 N–H and O–H groups in total. The Kier molecular flexibility index (Phi) is 5.82. The molecule has 0 saturated heterocycles. The van der Waals surface area contributed by atoms with E-state index in [1.165, 1.54) is 43.3 Å². The van der Waals surface area contributed by atoms with E-state index in [-0.39, 0.29) is 27.2 Å². The molecular weight excluding hydrogens is 391 g/mol. The normalized spacial score (nSPS) is 12.5. The zero-order valence-electron chi connectivity index (χ0n) is 13.2. The van der Waals surface area contributed by atoms with Crippen LogP contribution in [0.3, 0.4) is 0 Å². The Morgan fingerprint density at radius 3 is 2.28 bits per heavy atom. The number of aliphatic carboxylic acids is 1. The summed E-state index contributed by atoms with van der Waals surface area (Å²) in [5.74, 6) is -0.669. The van der Waals surface area contributed by atoms with Crippen molar-refractivity contribution in [2.75, 3.05) is 6.26 Å². The highest BCUT2D eigenvalue weighted by atomic mass is 35.5. The number of carboxylic acid groups (broad SMARTS) is 1. The van der Waals surface area contributed by atoms with E-state index in [1.54, 1.807) is 0 Å². The third kappa shape index (κ3) is 5.01. The Bertz CT molecular complexity index is 911. The molecule has 0 radical (unpaired) electrons. The van der Waals surface area contributed by atoms with E-state index < -0.39 is 21.9 Å². The van der Waals surface area contributed by atoms with Crippen molar-refractivity contribution < 1.29 is 27.8 Å². The Morgan fingerprint density at radius 1 is 1.08 bits per heavy atom. The van der Waals surface area contributed by atoms with Gasteiger partial charge in [-0.25, -0.2) is 13.2 Å². The molecule has 0 aromatic heterocycles. The summed E-state index contributed by atoms with van der Waals surface area (Å²) in [6.07, 6.45) is -0.0401. The number of rotatable bonds is 6. The molecule has 9 heteroatoms. The van der Waals surface area contributed by atoms with Gasteiger partial charge in [0.15, 0.2) is 27.4 Å². The number of halogens is 2. The second-order valence-electron chi connectivity index (χ2n) is 5.16. The van der Waals surface area contributed by atoms with Crippen molar-refractivity contribution >= 4 is 39.0 Å². The first-order valence-electron chi connectivity index (χ1n) is 6.94. The standard InChI is InChI=1S/C16H14Cl2O6S/c1-9(16(19)20)23-14-5-3-10(17)7-15(14)24-13-6-4-11(8-12(13)18)25(2,21)22/h3-9H,1-2H3,(H,19,20). The second kappa shape index (κ2) is 7.51. The van der Waals surface area contributed by atoms with Gasteiger partial charge in [-0.1, -0.05) is 23.2 Å². The van der Waals surface area contributed by atoms with Crippen LogP contribution < -0.4 is 9.47 Å². The Labute approximate surface area is 154 Å². The summed E-state index contributed by atoms with van der Waals surface area (Å²) in [4.78, 5) is 11.0. The van der Waals surface area contributed by atoms with Crippen LogP contribution in [-0.2, 0) is 14.6 Å². The van der Waals surface area contributed by atoms with Crippen molar-refractivity contribution in [3.8, 4) is 17.2 Å². The maximum Gasteiger partial charge on any atom is 0.344 e. The predicted octanol–water partition coefficient (Wildman–Crippen LogP) is 4.04. The summed E-state index contributed by atoms with van der Waals surface area (Å²) >= 11 is 12.0. The molecule has 0 aliphatic heterocycles. The smallest absolute Gasteiger partial charge is 0.344 e. The second-order valence-corrected chi connectivity index (χ2v) is 8.02. The number of hydrogen-bond acceptors (Lipinski definition) is 5. The van der Waals surface area contributed by atoms with Crippen LogP contribution in [-0.4, -0.2) is 31.9 Å². The number of benzene rings is 2. The zero-order chi connectivity index (χ0) is 18.8. The third-order valence-corrected chi connectivity index (χ3v) is 4.75. The highest BCUT2D eigenvalue weighted by Crippen LogP contribution is 2.38. The molecule has 0 fully saturated rings. The van der Waals surface area contributed by atoms with Gasteiger partial charge in [-0.2, -0.15) is 0 Å². The number of sulfone groups is 1. The summed E-state index contributed by atoms with van der Waals surface area (Å²) in [7, 11) is -3.41. The van der Waals surface area contributed by atoms with E-state index in [9.17, 15) is 13.2 Å². The molecule has 1 atom stereocenters. The lowest BCUT2D eigenvalue weighted by Crippen LogP contribution is -2.23. The highest BCUT2D eigenvalue weighted by Gasteiger charge is 2.18. The summed E-state index contributed by atoms with van der Waals surface area (Å²) in [6.45, 7) is 1.37. The molecule has 6 nitrogen and oxygen atoms in total. The molecule has 0 bridgehead atoms. The number of carbonyl (C=O) groups is 1. The van der Waals surface area contributed by atoms with Crippen LogP contribution in [0.2, 0.25) is 10.0 Å². The first kappa shape index (κ1) is 19.4. The summed E-state index contributed by atoms with van der Waals surface area (Å²) in [5.41, 5.74) is 0. The number of carboxylic acids is 1. The van der Waals surface area contributed by atoms with Crippen molar-refractivity contribution in [1.82, 2.24) is 0 Å². The number of ether oxygens (including phenoxy) is 2. The summed E-state index contributed by atoms with van der Waals surface area (Å²) < 4.78 is 34.1. The third-order valence-electron chi connectivity index (χ3n) is 3.11. The summed E-state index contributed by atoms with van der Waals surface area (Å²) in [6, 6.07) is 8.43. The SMILES string of the molecule is CC(Oc1ccc(Cl)cc1Oc1ccc(S(C)(=O)=O)cc1Cl)C(=O)O. The molecule has 2 aromatic rings. The van der Waals surface area contributed by atoms with Crippen LogP contribution in [0.15, 0.2) is 41.3 Å². The largest absolute Gasteiger partial charge is 0.479 e. The lowest BCUT2D eigenvalue weighted by Gasteiger charge is -2.16. The molecule has 2 rings (SSSR count). The molecule has 25 heavy (non-hydrogen) atoms. The fourth-order valence-corrected chi connectivity index (χ4v) is 2.91. The van der Waals surface area contributed by atoms with Gasteiger partial charge in [0.05, 0.1) is 9.92 Å². The minimum atomic E-state index is -3.41. The predicted molar refractivity (Wildman–Crippen MR) is 93.8 cm³/mol. The maximum atomic E-state index is 11.5. The molecule has 0 aliphatic carbocycles. The van der Waals surface area contributed by atoms with Crippen molar-refractivity contribution in [3.63, 3.8) is 0 Å². The van der Waals surface area contributed by atoms with Crippen LogP contribution in [0.4, 0.5) is 0 Å². The monoisotopic (exact) mass is 404 g/mol. The molecule has 134 valence electrons. The zero-order valence-corrected chi connectivity index (χ0v) is 15.5. The van der Waals surface area contributed by atoms with Gasteiger partial charge in [0, 0.05) is 17.3 Å². The Balaban J connectivity index is 2.37. The average Bonchev–Trinajstić information content (AvgIpc) is 2.50. The van der Waals surface area contributed by atoms with Gasteiger partial charge >= 0.3 is 5.97 Å². The van der Waals surface area contributed by atoms with E-state index in [4.69, 9.17) is 37.8 Å². The van der Waals surface area contributed by atoms with Crippen molar-refractivity contribution in [3.05, 3.63) is 46.4 Å². The molecular formula is C16H14Cl2O6S. The molecule has 1 unspecified atom stereocenters. The van der Waals surface area contributed by atoms with Crippen LogP contribution in [0.25, 0.3) is 0 Å². The van der Waals surface area contributed by atoms with Gasteiger partial charge in [0.1, 0.15) is 5.75 Å². The molecule has 0 heterocycles. The number of hydrogen-bond donors (Lipinski definition) is 1. The van der Waals surface area contributed by atoms with Crippen LogP contribution in [0, 0.1) is 0 Å². The van der Waals surface area contributed by atoms with Crippen molar-refractivity contribution in [2.24, 2.45) is 0 Å². The Hall–Kier alpha value is -1.96. The topological polar surface area (TPSA) is 89.9 Å². The molecule has 0 aliphatic rings. The van der Waals surface area contributed by atoms with E-state index in [0.29, 0.717) is 5.02 Å². The van der Waals surface area contributed by atoms with Gasteiger partial charge < -0.3 is 14.6 Å². The lowest BCUT2D eigenvalue weighted by atomic mass is 10.3. The van der Waals surface area contributed by atoms with Crippen molar-refractivity contribution in [1.29, 1.82) is 0 Å². The molecule has 2 aromatic carbocycles. The van der Waals surface area contributed by atoms with E-state index in [0.717, 1.165) is 6.26 Å². The highest BCUT2D eigenvalue weighted by molar-refractivity contribution is 7.90. The van der Waals surface area contributed by atoms with E-state index >= 15 is 0 Å². The molecule has 0 saturated carbocycles.